The number of hydrogen-bond acceptors (Lipinski definition) is 4. The van der Waals surface area contributed by atoms with Gasteiger partial charge in [0.2, 0.25) is 0 Å². The summed E-state index contributed by atoms with van der Waals surface area (Å²) in [5, 5.41) is 3.39. The predicted molar refractivity (Wildman–Crippen MR) is 82.5 cm³/mol. The summed E-state index contributed by atoms with van der Waals surface area (Å²) in [7, 11) is -1.47. The van der Waals surface area contributed by atoms with E-state index in [9.17, 15) is 13.2 Å². The third-order valence-electron chi connectivity index (χ3n) is 3.66. The molecule has 116 valence electrons. The minimum Gasteiger partial charge on any atom is -0.338 e. The van der Waals surface area contributed by atoms with E-state index in [0.717, 1.165) is 19.2 Å². The van der Waals surface area contributed by atoms with Crippen LogP contribution in [0.1, 0.15) is 16.8 Å². The van der Waals surface area contributed by atoms with Crippen LogP contribution in [0.25, 0.3) is 0 Å². The van der Waals surface area contributed by atoms with Gasteiger partial charge < -0.3 is 10.2 Å². The molecule has 1 atom stereocenters. The molecule has 0 bridgehead atoms. The maximum Gasteiger partial charge on any atom is 0.255 e. The highest BCUT2D eigenvalue weighted by Gasteiger charge is 2.28. The molecule has 0 saturated carbocycles. The Labute approximate surface area is 130 Å². The number of rotatable bonds is 4. The van der Waals surface area contributed by atoms with Crippen LogP contribution in [-0.4, -0.2) is 52.2 Å². The molecule has 1 N–H and O–H groups in total. The maximum absolute atomic E-state index is 12.5. The van der Waals surface area contributed by atoms with Crippen LogP contribution in [0.15, 0.2) is 23.1 Å². The number of carbonyl (C=O) groups excluding carboxylic acids is 1. The monoisotopic (exact) mass is 330 g/mol. The first-order chi connectivity index (χ1) is 9.82. The molecular formula is C14H19ClN2O3S. The number of benzene rings is 1. The molecule has 7 heteroatoms. The van der Waals surface area contributed by atoms with Crippen molar-refractivity contribution in [2.75, 3.05) is 32.9 Å². The van der Waals surface area contributed by atoms with Gasteiger partial charge in [-0.25, -0.2) is 8.42 Å². The molecule has 0 radical (unpaired) electrons. The number of amides is 1. The standard InChI is InChI=1S/C14H19ClN2O3S/c1-16-8-10-5-6-17(9-10)14(18)12-7-11(21(2,19)20)3-4-13(12)15/h3-4,7,10,16H,5-6,8-9H2,1-2H3. The summed E-state index contributed by atoms with van der Waals surface area (Å²) in [6, 6.07) is 4.25. The summed E-state index contributed by atoms with van der Waals surface area (Å²) < 4.78 is 23.2. The highest BCUT2D eigenvalue weighted by atomic mass is 35.5. The lowest BCUT2D eigenvalue weighted by molar-refractivity contribution is 0.0787. The third-order valence-corrected chi connectivity index (χ3v) is 5.10. The summed E-state index contributed by atoms with van der Waals surface area (Å²) >= 11 is 6.06. The van der Waals surface area contributed by atoms with Crippen LogP contribution in [-0.2, 0) is 9.84 Å². The van der Waals surface area contributed by atoms with E-state index in [0.29, 0.717) is 19.0 Å². The van der Waals surface area contributed by atoms with Crippen molar-refractivity contribution in [3.8, 4) is 0 Å². The van der Waals surface area contributed by atoms with Gasteiger partial charge in [0.1, 0.15) is 0 Å². The molecule has 1 aromatic rings. The number of nitrogens with one attached hydrogen (secondary N) is 1. The van der Waals surface area contributed by atoms with Crippen LogP contribution in [0.4, 0.5) is 0 Å². The average Bonchev–Trinajstić information content (AvgIpc) is 2.86. The highest BCUT2D eigenvalue weighted by Crippen LogP contribution is 2.25. The number of likely N-dealkylation sites (tertiary alicyclic amines) is 1. The molecule has 5 nitrogen and oxygen atoms in total. The van der Waals surface area contributed by atoms with E-state index >= 15 is 0 Å². The van der Waals surface area contributed by atoms with E-state index in [4.69, 9.17) is 11.6 Å². The van der Waals surface area contributed by atoms with E-state index in [-0.39, 0.29) is 21.4 Å². The van der Waals surface area contributed by atoms with Gasteiger partial charge in [-0.3, -0.25) is 4.79 Å². The van der Waals surface area contributed by atoms with Gasteiger partial charge >= 0.3 is 0 Å². The van der Waals surface area contributed by atoms with Crippen LogP contribution >= 0.6 is 11.6 Å². The van der Waals surface area contributed by atoms with Gasteiger partial charge in [0.15, 0.2) is 9.84 Å². The zero-order chi connectivity index (χ0) is 15.6. The largest absolute Gasteiger partial charge is 0.338 e. The van der Waals surface area contributed by atoms with E-state index in [1.807, 2.05) is 7.05 Å². The number of hydrogen-bond donors (Lipinski definition) is 1. The molecular weight excluding hydrogens is 312 g/mol. The molecule has 21 heavy (non-hydrogen) atoms. The minimum absolute atomic E-state index is 0.112. The number of carbonyl (C=O) groups is 1. The van der Waals surface area contributed by atoms with E-state index in [1.165, 1.54) is 18.2 Å². The molecule has 1 unspecified atom stereocenters. The van der Waals surface area contributed by atoms with Gasteiger partial charge in [0.25, 0.3) is 5.91 Å². The van der Waals surface area contributed by atoms with Crippen molar-refractivity contribution >= 4 is 27.3 Å². The van der Waals surface area contributed by atoms with Gasteiger partial charge in [0.05, 0.1) is 15.5 Å². The normalized spacial score (nSPS) is 19.0. The maximum atomic E-state index is 12.5. The van der Waals surface area contributed by atoms with Gasteiger partial charge in [-0.15, -0.1) is 0 Å². The molecule has 0 aromatic heterocycles. The van der Waals surface area contributed by atoms with Crippen LogP contribution in [0.3, 0.4) is 0 Å². The van der Waals surface area contributed by atoms with Crippen molar-refractivity contribution < 1.29 is 13.2 Å². The number of halogens is 1. The lowest BCUT2D eigenvalue weighted by Gasteiger charge is -2.18. The molecule has 0 spiro atoms. The van der Waals surface area contributed by atoms with Crippen LogP contribution in [0.2, 0.25) is 5.02 Å². The lowest BCUT2D eigenvalue weighted by atomic mass is 10.1. The fourth-order valence-electron chi connectivity index (χ4n) is 2.54. The van der Waals surface area contributed by atoms with Crippen molar-refractivity contribution in [3.63, 3.8) is 0 Å². The summed E-state index contributed by atoms with van der Waals surface area (Å²) in [6.45, 7) is 2.20. The van der Waals surface area contributed by atoms with Crippen molar-refractivity contribution in [2.24, 2.45) is 5.92 Å². The molecule has 1 amide bonds. The zero-order valence-corrected chi connectivity index (χ0v) is 13.7. The van der Waals surface area contributed by atoms with Gasteiger partial charge in [-0.1, -0.05) is 11.6 Å². The van der Waals surface area contributed by atoms with Gasteiger partial charge in [-0.05, 0) is 44.1 Å². The minimum atomic E-state index is -3.36. The number of nitrogens with zero attached hydrogens (tertiary/aromatic N) is 1. The van der Waals surface area contributed by atoms with E-state index in [1.54, 1.807) is 4.90 Å². The first kappa shape index (κ1) is 16.3. The summed E-state index contributed by atoms with van der Waals surface area (Å²) in [6.07, 6.45) is 2.05. The second-order valence-corrected chi connectivity index (χ2v) is 7.80. The summed E-state index contributed by atoms with van der Waals surface area (Å²) in [5.74, 6) is 0.222. The Morgan fingerprint density at radius 3 is 2.81 bits per heavy atom. The lowest BCUT2D eigenvalue weighted by Crippen LogP contribution is -2.30. The summed E-state index contributed by atoms with van der Waals surface area (Å²) in [5.41, 5.74) is 0.254. The van der Waals surface area contributed by atoms with E-state index in [2.05, 4.69) is 5.32 Å². The smallest absolute Gasteiger partial charge is 0.255 e. The Bertz CT molecular complexity index is 646. The van der Waals surface area contributed by atoms with Crippen molar-refractivity contribution in [1.29, 1.82) is 0 Å². The van der Waals surface area contributed by atoms with Crippen LogP contribution < -0.4 is 5.32 Å². The molecule has 1 fully saturated rings. The van der Waals surface area contributed by atoms with Crippen molar-refractivity contribution in [1.82, 2.24) is 10.2 Å². The Balaban J connectivity index is 2.24. The van der Waals surface area contributed by atoms with Crippen LogP contribution in [0.5, 0.6) is 0 Å². The molecule has 1 aliphatic rings. The fraction of sp³-hybridized carbons (Fsp3) is 0.500. The molecule has 1 aliphatic heterocycles. The van der Waals surface area contributed by atoms with Crippen molar-refractivity contribution in [3.05, 3.63) is 28.8 Å². The van der Waals surface area contributed by atoms with Crippen molar-refractivity contribution in [2.45, 2.75) is 11.3 Å². The number of sulfone groups is 1. The average molecular weight is 331 g/mol. The second kappa shape index (κ2) is 6.34. The second-order valence-electron chi connectivity index (χ2n) is 5.38. The third kappa shape index (κ3) is 3.75. The Morgan fingerprint density at radius 1 is 1.48 bits per heavy atom. The SMILES string of the molecule is CNCC1CCN(C(=O)c2cc(S(C)(=O)=O)ccc2Cl)C1. The summed E-state index contributed by atoms with van der Waals surface area (Å²) in [4.78, 5) is 14.4. The van der Waals surface area contributed by atoms with Gasteiger partial charge in [-0.2, -0.15) is 0 Å². The first-order valence-corrected chi connectivity index (χ1v) is 9.03. The Hall–Kier alpha value is -1.11. The molecule has 2 rings (SSSR count). The molecule has 1 aromatic carbocycles. The molecule has 1 heterocycles. The topological polar surface area (TPSA) is 66.5 Å². The molecule has 1 saturated heterocycles. The van der Waals surface area contributed by atoms with Gasteiger partial charge in [0, 0.05) is 19.3 Å². The highest BCUT2D eigenvalue weighted by molar-refractivity contribution is 7.90. The quantitative estimate of drug-likeness (QED) is 0.907. The fourth-order valence-corrected chi connectivity index (χ4v) is 3.39. The Kier molecular flexibility index (Phi) is 4.91. The first-order valence-electron chi connectivity index (χ1n) is 6.76. The van der Waals surface area contributed by atoms with E-state index < -0.39 is 9.84 Å². The molecule has 0 aliphatic carbocycles. The Morgan fingerprint density at radius 2 is 2.19 bits per heavy atom. The van der Waals surface area contributed by atoms with Crippen LogP contribution in [0, 0.1) is 5.92 Å². The predicted octanol–water partition coefficient (Wildman–Crippen LogP) is 1.43. The zero-order valence-electron chi connectivity index (χ0n) is 12.1.